The van der Waals surface area contributed by atoms with E-state index in [9.17, 15) is 9.59 Å². The highest BCUT2D eigenvalue weighted by Crippen LogP contribution is 2.25. The molecule has 31 heavy (non-hydrogen) atoms. The van der Waals surface area contributed by atoms with E-state index in [0.29, 0.717) is 53.1 Å². The molecular weight excluding hydrogens is 453 g/mol. The Morgan fingerprint density at radius 1 is 0.968 bits per heavy atom. The second kappa shape index (κ2) is 9.39. The third kappa shape index (κ3) is 4.92. The summed E-state index contributed by atoms with van der Waals surface area (Å²) < 4.78 is 0. The topological polar surface area (TPSA) is 53.5 Å². The van der Waals surface area contributed by atoms with E-state index in [1.165, 1.54) is 16.9 Å². The van der Waals surface area contributed by atoms with Gasteiger partial charge in [-0.2, -0.15) is 0 Å². The van der Waals surface area contributed by atoms with Crippen molar-refractivity contribution in [2.75, 3.05) is 26.2 Å². The molecule has 1 aromatic heterocycles. The molecule has 1 fully saturated rings. The van der Waals surface area contributed by atoms with Gasteiger partial charge in [-0.15, -0.1) is 11.3 Å². The lowest BCUT2D eigenvalue weighted by Crippen LogP contribution is -2.50. The number of hydrogen-bond donors (Lipinski definition) is 0. The van der Waals surface area contributed by atoms with Crippen molar-refractivity contribution in [2.45, 2.75) is 13.3 Å². The predicted octanol–water partition coefficient (Wildman–Crippen LogP) is 4.95. The molecule has 1 aliphatic heterocycles. The van der Waals surface area contributed by atoms with E-state index in [1.807, 2.05) is 25.1 Å². The summed E-state index contributed by atoms with van der Waals surface area (Å²) >= 11 is 13.6. The van der Waals surface area contributed by atoms with E-state index in [0.717, 1.165) is 10.7 Å². The van der Waals surface area contributed by atoms with Crippen LogP contribution in [0, 0.1) is 6.92 Å². The first kappa shape index (κ1) is 21.8. The molecule has 5 nitrogen and oxygen atoms in total. The Labute approximate surface area is 195 Å². The minimum atomic E-state index is -0.145. The van der Waals surface area contributed by atoms with Gasteiger partial charge in [0, 0.05) is 37.6 Å². The van der Waals surface area contributed by atoms with Crippen LogP contribution in [-0.4, -0.2) is 52.8 Å². The number of halogens is 2. The zero-order chi connectivity index (χ0) is 22.0. The lowest BCUT2D eigenvalue weighted by molar-refractivity contribution is 0.0537. The molecule has 0 N–H and O–H groups in total. The molecule has 0 unspecified atom stereocenters. The molecule has 160 valence electrons. The summed E-state index contributed by atoms with van der Waals surface area (Å²) in [6.45, 7) is 3.74. The SMILES string of the molecule is Cc1nc(Cc2ccccc2)sc1C(=O)N1CCN(C(=O)c2ccc(Cl)cc2Cl)CC1. The molecule has 2 heterocycles. The van der Waals surface area contributed by atoms with E-state index in [-0.39, 0.29) is 11.8 Å². The number of thiazole rings is 1. The van der Waals surface area contributed by atoms with Crippen LogP contribution in [-0.2, 0) is 6.42 Å². The van der Waals surface area contributed by atoms with Gasteiger partial charge in [0.05, 0.1) is 21.3 Å². The first-order chi connectivity index (χ1) is 14.9. The van der Waals surface area contributed by atoms with Crippen LogP contribution in [0.2, 0.25) is 10.0 Å². The van der Waals surface area contributed by atoms with Gasteiger partial charge in [-0.05, 0) is 30.7 Å². The molecule has 1 saturated heterocycles. The molecule has 0 atom stereocenters. The first-order valence-corrected chi connectivity index (χ1v) is 11.5. The quantitative estimate of drug-likeness (QED) is 0.538. The lowest BCUT2D eigenvalue weighted by Gasteiger charge is -2.34. The molecular formula is C23H21Cl2N3O2S. The lowest BCUT2D eigenvalue weighted by atomic mass is 10.1. The fraction of sp³-hybridized carbons (Fsp3) is 0.261. The van der Waals surface area contributed by atoms with Crippen molar-refractivity contribution >= 4 is 46.4 Å². The number of aromatic nitrogens is 1. The van der Waals surface area contributed by atoms with Crippen molar-refractivity contribution in [3.63, 3.8) is 0 Å². The molecule has 1 aliphatic rings. The fourth-order valence-electron chi connectivity index (χ4n) is 3.59. The van der Waals surface area contributed by atoms with E-state index >= 15 is 0 Å². The van der Waals surface area contributed by atoms with Gasteiger partial charge in [-0.3, -0.25) is 9.59 Å². The van der Waals surface area contributed by atoms with Crippen LogP contribution in [0.1, 0.15) is 36.3 Å². The minimum absolute atomic E-state index is 0.0223. The highest BCUT2D eigenvalue weighted by atomic mass is 35.5. The molecule has 2 amide bonds. The average Bonchev–Trinajstić information content (AvgIpc) is 3.13. The molecule has 8 heteroatoms. The van der Waals surface area contributed by atoms with Gasteiger partial charge in [-0.25, -0.2) is 4.98 Å². The van der Waals surface area contributed by atoms with Gasteiger partial charge in [-0.1, -0.05) is 53.5 Å². The second-order valence-corrected chi connectivity index (χ2v) is 9.32. The van der Waals surface area contributed by atoms with Crippen LogP contribution < -0.4 is 0 Å². The first-order valence-electron chi connectivity index (χ1n) is 9.96. The maximum absolute atomic E-state index is 13.1. The van der Waals surface area contributed by atoms with Crippen molar-refractivity contribution in [2.24, 2.45) is 0 Å². The Morgan fingerprint density at radius 3 is 2.26 bits per heavy atom. The van der Waals surface area contributed by atoms with E-state index in [1.54, 1.807) is 28.0 Å². The zero-order valence-corrected chi connectivity index (χ0v) is 19.3. The van der Waals surface area contributed by atoms with Crippen molar-refractivity contribution in [3.05, 3.63) is 85.3 Å². The molecule has 3 aromatic rings. The Kier molecular flexibility index (Phi) is 6.60. The molecule has 0 aliphatic carbocycles. The normalized spacial score (nSPS) is 14.0. The number of nitrogens with zero attached hydrogens (tertiary/aromatic N) is 3. The monoisotopic (exact) mass is 473 g/mol. The predicted molar refractivity (Wildman–Crippen MR) is 124 cm³/mol. The van der Waals surface area contributed by atoms with Gasteiger partial charge < -0.3 is 9.80 Å². The number of aryl methyl sites for hydroxylation is 1. The summed E-state index contributed by atoms with van der Waals surface area (Å²) in [5.41, 5.74) is 2.35. The zero-order valence-electron chi connectivity index (χ0n) is 17.0. The molecule has 0 spiro atoms. The van der Waals surface area contributed by atoms with Crippen LogP contribution in [0.5, 0.6) is 0 Å². The summed E-state index contributed by atoms with van der Waals surface area (Å²) in [4.78, 5) is 34.7. The Morgan fingerprint density at radius 2 is 1.61 bits per heavy atom. The number of amides is 2. The maximum Gasteiger partial charge on any atom is 0.265 e. The van der Waals surface area contributed by atoms with E-state index < -0.39 is 0 Å². The summed E-state index contributed by atoms with van der Waals surface area (Å²) in [5, 5.41) is 1.75. The van der Waals surface area contributed by atoms with Gasteiger partial charge in [0.15, 0.2) is 0 Å². The maximum atomic E-state index is 13.1. The molecule has 0 bridgehead atoms. The number of piperazine rings is 1. The third-order valence-corrected chi connectivity index (χ3v) is 6.94. The van der Waals surface area contributed by atoms with Crippen molar-refractivity contribution in [1.82, 2.24) is 14.8 Å². The van der Waals surface area contributed by atoms with Crippen LogP contribution in [0.15, 0.2) is 48.5 Å². The molecule has 0 saturated carbocycles. The van der Waals surface area contributed by atoms with Gasteiger partial charge in [0.25, 0.3) is 11.8 Å². The Hall–Kier alpha value is -2.41. The summed E-state index contributed by atoms with van der Waals surface area (Å²) in [7, 11) is 0. The van der Waals surface area contributed by atoms with Crippen LogP contribution in [0.4, 0.5) is 0 Å². The fourth-order valence-corrected chi connectivity index (χ4v) is 5.14. The highest BCUT2D eigenvalue weighted by Gasteiger charge is 2.28. The third-order valence-electron chi connectivity index (χ3n) is 5.25. The van der Waals surface area contributed by atoms with Crippen LogP contribution in [0.3, 0.4) is 0 Å². The van der Waals surface area contributed by atoms with Gasteiger partial charge in [0.2, 0.25) is 0 Å². The molecule has 2 aromatic carbocycles. The molecule has 4 rings (SSSR count). The van der Waals surface area contributed by atoms with Crippen molar-refractivity contribution in [3.8, 4) is 0 Å². The smallest absolute Gasteiger partial charge is 0.265 e. The van der Waals surface area contributed by atoms with E-state index in [2.05, 4.69) is 17.1 Å². The van der Waals surface area contributed by atoms with Gasteiger partial charge >= 0.3 is 0 Å². The second-order valence-electron chi connectivity index (χ2n) is 7.39. The summed E-state index contributed by atoms with van der Waals surface area (Å²) in [6, 6.07) is 15.0. The minimum Gasteiger partial charge on any atom is -0.335 e. The number of hydrogen-bond acceptors (Lipinski definition) is 4. The van der Waals surface area contributed by atoms with Crippen molar-refractivity contribution < 1.29 is 9.59 Å². The number of rotatable bonds is 4. The average molecular weight is 474 g/mol. The standard InChI is InChI=1S/C23H21Cl2N3O2S/c1-15-21(31-20(26-15)13-16-5-3-2-4-6-16)23(30)28-11-9-27(10-12-28)22(29)18-8-7-17(24)14-19(18)25/h2-8,14H,9-13H2,1H3. The molecule has 0 radical (unpaired) electrons. The summed E-state index contributed by atoms with van der Waals surface area (Å²) in [6.07, 6.45) is 0.712. The Bertz CT molecular complexity index is 1110. The van der Waals surface area contributed by atoms with Crippen molar-refractivity contribution in [1.29, 1.82) is 0 Å². The summed E-state index contributed by atoms with van der Waals surface area (Å²) in [5.74, 6) is -0.168. The highest BCUT2D eigenvalue weighted by molar-refractivity contribution is 7.13. The largest absolute Gasteiger partial charge is 0.335 e. The number of benzene rings is 2. The van der Waals surface area contributed by atoms with E-state index in [4.69, 9.17) is 23.2 Å². The van der Waals surface area contributed by atoms with Crippen LogP contribution >= 0.6 is 34.5 Å². The number of carbonyl (C=O) groups excluding carboxylic acids is 2. The van der Waals surface area contributed by atoms with Gasteiger partial charge in [0.1, 0.15) is 4.88 Å². The van der Waals surface area contributed by atoms with Crippen LogP contribution in [0.25, 0.3) is 0 Å². The Balaban J connectivity index is 1.40. The number of carbonyl (C=O) groups is 2.